The van der Waals surface area contributed by atoms with Crippen LogP contribution in [0.4, 0.5) is 5.82 Å². The molecule has 0 radical (unpaired) electrons. The minimum Gasteiger partial charge on any atom is -0.356 e. The van der Waals surface area contributed by atoms with Gasteiger partial charge in [-0.25, -0.2) is 4.98 Å². The fraction of sp³-hybridized carbons (Fsp3) is 0.556. The molecule has 13 heavy (non-hydrogen) atoms. The SMILES string of the molecule is CCN(CCCN)c1cnccn1. The zero-order valence-electron chi connectivity index (χ0n) is 7.98. The van der Waals surface area contributed by atoms with E-state index in [-0.39, 0.29) is 0 Å². The van der Waals surface area contributed by atoms with Crippen LogP contribution in [-0.4, -0.2) is 29.6 Å². The Kier molecular flexibility index (Phi) is 4.18. The molecule has 4 heteroatoms. The quantitative estimate of drug-likeness (QED) is 0.723. The Morgan fingerprint density at radius 2 is 2.31 bits per heavy atom. The molecule has 1 aromatic heterocycles. The number of aromatic nitrogens is 2. The molecule has 4 nitrogen and oxygen atoms in total. The molecule has 0 fully saturated rings. The van der Waals surface area contributed by atoms with Crippen LogP contribution in [0.25, 0.3) is 0 Å². The Hall–Kier alpha value is -1.16. The predicted octanol–water partition coefficient (Wildman–Crippen LogP) is 0.652. The van der Waals surface area contributed by atoms with Crippen molar-refractivity contribution in [1.82, 2.24) is 9.97 Å². The lowest BCUT2D eigenvalue weighted by atomic mass is 10.4. The fourth-order valence-corrected chi connectivity index (χ4v) is 1.17. The maximum atomic E-state index is 5.45. The average Bonchev–Trinajstić information content (AvgIpc) is 2.21. The van der Waals surface area contributed by atoms with Gasteiger partial charge in [-0.2, -0.15) is 0 Å². The molecule has 72 valence electrons. The molecule has 0 aliphatic rings. The topological polar surface area (TPSA) is 55.0 Å². The molecule has 0 spiro atoms. The van der Waals surface area contributed by atoms with Crippen LogP contribution in [-0.2, 0) is 0 Å². The van der Waals surface area contributed by atoms with E-state index >= 15 is 0 Å². The fourth-order valence-electron chi connectivity index (χ4n) is 1.17. The minimum absolute atomic E-state index is 0.719. The third-order valence-corrected chi connectivity index (χ3v) is 1.89. The second kappa shape index (κ2) is 5.48. The molecule has 2 N–H and O–H groups in total. The van der Waals surface area contributed by atoms with E-state index < -0.39 is 0 Å². The van der Waals surface area contributed by atoms with E-state index in [9.17, 15) is 0 Å². The summed E-state index contributed by atoms with van der Waals surface area (Å²) >= 11 is 0. The maximum Gasteiger partial charge on any atom is 0.147 e. The zero-order chi connectivity index (χ0) is 9.52. The van der Waals surface area contributed by atoms with Crippen LogP contribution in [0.2, 0.25) is 0 Å². The number of anilines is 1. The van der Waals surface area contributed by atoms with Gasteiger partial charge in [0.25, 0.3) is 0 Å². The van der Waals surface area contributed by atoms with Crippen molar-refractivity contribution in [3.63, 3.8) is 0 Å². The lowest BCUT2D eigenvalue weighted by Crippen LogP contribution is -2.26. The smallest absolute Gasteiger partial charge is 0.147 e. The third kappa shape index (κ3) is 2.99. The Bertz CT molecular complexity index is 224. The maximum absolute atomic E-state index is 5.45. The predicted molar refractivity (Wildman–Crippen MR) is 53.6 cm³/mol. The van der Waals surface area contributed by atoms with E-state index in [1.165, 1.54) is 0 Å². The van der Waals surface area contributed by atoms with Crippen molar-refractivity contribution in [2.45, 2.75) is 13.3 Å². The Labute approximate surface area is 78.8 Å². The standard InChI is InChI=1S/C9H16N4/c1-2-13(7-3-4-10)9-8-11-5-6-12-9/h5-6,8H,2-4,7,10H2,1H3. The first-order valence-electron chi connectivity index (χ1n) is 4.59. The Balaban J connectivity index is 2.56. The first-order chi connectivity index (χ1) is 6.38. The Morgan fingerprint density at radius 3 is 2.85 bits per heavy atom. The summed E-state index contributed by atoms with van der Waals surface area (Å²) < 4.78 is 0. The van der Waals surface area contributed by atoms with Gasteiger partial charge >= 0.3 is 0 Å². The summed E-state index contributed by atoms with van der Waals surface area (Å²) in [5.41, 5.74) is 5.45. The van der Waals surface area contributed by atoms with Crippen molar-refractivity contribution in [3.8, 4) is 0 Å². The number of hydrogen-bond acceptors (Lipinski definition) is 4. The van der Waals surface area contributed by atoms with Gasteiger partial charge in [0.2, 0.25) is 0 Å². The summed E-state index contributed by atoms with van der Waals surface area (Å²) in [6, 6.07) is 0. The first kappa shape index (κ1) is 9.92. The van der Waals surface area contributed by atoms with Crippen LogP contribution in [0.5, 0.6) is 0 Å². The molecule has 1 rings (SSSR count). The molecule has 0 aliphatic heterocycles. The van der Waals surface area contributed by atoms with Gasteiger partial charge in [-0.1, -0.05) is 0 Å². The van der Waals surface area contributed by atoms with E-state index in [0.29, 0.717) is 0 Å². The molecule has 0 bridgehead atoms. The second-order valence-electron chi connectivity index (χ2n) is 2.79. The average molecular weight is 180 g/mol. The van der Waals surface area contributed by atoms with Crippen molar-refractivity contribution in [1.29, 1.82) is 0 Å². The van der Waals surface area contributed by atoms with Crippen LogP contribution in [0.1, 0.15) is 13.3 Å². The van der Waals surface area contributed by atoms with Gasteiger partial charge in [0.1, 0.15) is 5.82 Å². The minimum atomic E-state index is 0.719. The number of rotatable bonds is 5. The highest BCUT2D eigenvalue weighted by Crippen LogP contribution is 2.06. The van der Waals surface area contributed by atoms with E-state index in [1.807, 2.05) is 0 Å². The number of hydrogen-bond donors (Lipinski definition) is 1. The molecule has 0 atom stereocenters. The summed E-state index contributed by atoms with van der Waals surface area (Å²) in [6.07, 6.45) is 6.16. The van der Waals surface area contributed by atoms with Gasteiger partial charge in [0.15, 0.2) is 0 Å². The van der Waals surface area contributed by atoms with Crippen molar-refractivity contribution >= 4 is 5.82 Å². The molecule has 0 unspecified atom stereocenters. The highest BCUT2D eigenvalue weighted by Gasteiger charge is 2.03. The Morgan fingerprint density at radius 1 is 1.46 bits per heavy atom. The highest BCUT2D eigenvalue weighted by molar-refractivity contribution is 5.34. The summed E-state index contributed by atoms with van der Waals surface area (Å²) in [7, 11) is 0. The number of nitrogens with zero attached hydrogens (tertiary/aromatic N) is 3. The second-order valence-corrected chi connectivity index (χ2v) is 2.79. The van der Waals surface area contributed by atoms with Crippen LogP contribution in [0.15, 0.2) is 18.6 Å². The molecule has 0 aromatic carbocycles. The van der Waals surface area contributed by atoms with Gasteiger partial charge in [-0.3, -0.25) is 4.98 Å². The van der Waals surface area contributed by atoms with Gasteiger partial charge in [-0.05, 0) is 19.9 Å². The molecule has 1 heterocycles. The molecule has 0 amide bonds. The van der Waals surface area contributed by atoms with Crippen molar-refractivity contribution in [3.05, 3.63) is 18.6 Å². The van der Waals surface area contributed by atoms with Gasteiger partial charge in [0.05, 0.1) is 6.20 Å². The van der Waals surface area contributed by atoms with E-state index in [4.69, 9.17) is 5.73 Å². The van der Waals surface area contributed by atoms with E-state index in [1.54, 1.807) is 18.6 Å². The summed E-state index contributed by atoms with van der Waals surface area (Å²) in [5.74, 6) is 0.929. The van der Waals surface area contributed by atoms with Crippen LogP contribution < -0.4 is 10.6 Å². The zero-order valence-corrected chi connectivity index (χ0v) is 7.98. The molecule has 0 saturated heterocycles. The summed E-state index contributed by atoms with van der Waals surface area (Å²) in [4.78, 5) is 10.4. The van der Waals surface area contributed by atoms with Gasteiger partial charge in [-0.15, -0.1) is 0 Å². The highest BCUT2D eigenvalue weighted by atomic mass is 15.2. The molecular weight excluding hydrogens is 164 g/mol. The van der Waals surface area contributed by atoms with Gasteiger partial charge in [0, 0.05) is 25.5 Å². The molecule has 0 saturated carbocycles. The van der Waals surface area contributed by atoms with E-state index in [0.717, 1.165) is 31.9 Å². The van der Waals surface area contributed by atoms with Crippen LogP contribution in [0, 0.1) is 0 Å². The monoisotopic (exact) mass is 180 g/mol. The summed E-state index contributed by atoms with van der Waals surface area (Å²) in [6.45, 7) is 4.71. The molecule has 0 aliphatic carbocycles. The lowest BCUT2D eigenvalue weighted by molar-refractivity contribution is 0.743. The van der Waals surface area contributed by atoms with Crippen molar-refractivity contribution in [2.75, 3.05) is 24.5 Å². The first-order valence-corrected chi connectivity index (χ1v) is 4.59. The third-order valence-electron chi connectivity index (χ3n) is 1.89. The lowest BCUT2D eigenvalue weighted by Gasteiger charge is -2.20. The molecule has 1 aromatic rings. The van der Waals surface area contributed by atoms with Gasteiger partial charge < -0.3 is 10.6 Å². The van der Waals surface area contributed by atoms with Crippen molar-refractivity contribution < 1.29 is 0 Å². The number of nitrogens with two attached hydrogens (primary N) is 1. The van der Waals surface area contributed by atoms with E-state index in [2.05, 4.69) is 21.8 Å². The van der Waals surface area contributed by atoms with Crippen molar-refractivity contribution in [2.24, 2.45) is 5.73 Å². The normalized spacial score (nSPS) is 10.0. The molecular formula is C9H16N4. The largest absolute Gasteiger partial charge is 0.356 e. The van der Waals surface area contributed by atoms with Crippen LogP contribution >= 0.6 is 0 Å². The van der Waals surface area contributed by atoms with Crippen LogP contribution in [0.3, 0.4) is 0 Å². The summed E-state index contributed by atoms with van der Waals surface area (Å²) in [5, 5.41) is 0.